The van der Waals surface area contributed by atoms with Crippen LogP contribution < -0.4 is 9.64 Å². The van der Waals surface area contributed by atoms with Crippen LogP contribution in [0.4, 0.5) is 5.69 Å². The summed E-state index contributed by atoms with van der Waals surface area (Å²) < 4.78 is 5.13. The van der Waals surface area contributed by atoms with Gasteiger partial charge in [-0.2, -0.15) is 0 Å². The summed E-state index contributed by atoms with van der Waals surface area (Å²) in [6, 6.07) is 15.8. The summed E-state index contributed by atoms with van der Waals surface area (Å²) in [5.74, 6) is 0.524. The van der Waals surface area contributed by atoms with Crippen LogP contribution in [0.15, 0.2) is 59.7 Å². The van der Waals surface area contributed by atoms with Crippen LogP contribution in [0.25, 0.3) is 10.4 Å². The lowest BCUT2D eigenvalue weighted by Gasteiger charge is -2.45. The standard InChI is InChI=1S/C16H14N4O2/c1-22-13-9-7-12(8-10-13)20-15(11-5-3-2-4-6-11)14(16(20)21)18-19-17/h2-10,14-15H,1H3. The van der Waals surface area contributed by atoms with Crippen molar-refractivity contribution in [3.05, 3.63) is 70.6 Å². The molecule has 2 aromatic rings. The number of amides is 1. The van der Waals surface area contributed by atoms with Crippen molar-refractivity contribution in [1.82, 2.24) is 0 Å². The fraction of sp³-hybridized carbons (Fsp3) is 0.188. The maximum atomic E-state index is 12.3. The molecule has 0 aliphatic carbocycles. The van der Waals surface area contributed by atoms with E-state index in [1.165, 1.54) is 0 Å². The average molecular weight is 294 g/mol. The number of β-lactam (4-membered cyclic amide) rings is 1. The molecular weight excluding hydrogens is 280 g/mol. The molecule has 2 aromatic carbocycles. The Hall–Kier alpha value is -2.98. The number of rotatable bonds is 4. The van der Waals surface area contributed by atoms with Crippen molar-refractivity contribution < 1.29 is 9.53 Å². The number of nitrogens with zero attached hydrogens (tertiary/aromatic N) is 4. The largest absolute Gasteiger partial charge is 0.497 e. The molecule has 22 heavy (non-hydrogen) atoms. The first kappa shape index (κ1) is 14.0. The highest BCUT2D eigenvalue weighted by Crippen LogP contribution is 2.41. The van der Waals surface area contributed by atoms with Gasteiger partial charge in [-0.15, -0.1) is 0 Å². The van der Waals surface area contributed by atoms with Crippen molar-refractivity contribution in [2.75, 3.05) is 12.0 Å². The highest BCUT2D eigenvalue weighted by Gasteiger charge is 2.48. The Morgan fingerprint density at radius 1 is 1.14 bits per heavy atom. The number of hydrogen-bond donors (Lipinski definition) is 0. The molecule has 0 radical (unpaired) electrons. The van der Waals surface area contributed by atoms with Crippen molar-refractivity contribution in [1.29, 1.82) is 0 Å². The topological polar surface area (TPSA) is 78.3 Å². The van der Waals surface area contributed by atoms with Gasteiger partial charge in [-0.1, -0.05) is 35.4 Å². The summed E-state index contributed by atoms with van der Waals surface area (Å²) in [5.41, 5.74) is 10.4. The number of carbonyl (C=O) groups is 1. The summed E-state index contributed by atoms with van der Waals surface area (Å²) in [4.78, 5) is 16.8. The predicted octanol–water partition coefficient (Wildman–Crippen LogP) is 3.46. The molecular formula is C16H14N4O2. The minimum atomic E-state index is -0.700. The van der Waals surface area contributed by atoms with Gasteiger partial charge in [0.15, 0.2) is 0 Å². The van der Waals surface area contributed by atoms with E-state index in [2.05, 4.69) is 10.0 Å². The molecule has 1 fully saturated rings. The van der Waals surface area contributed by atoms with Gasteiger partial charge in [0.2, 0.25) is 5.91 Å². The highest BCUT2D eigenvalue weighted by atomic mass is 16.5. The molecule has 1 heterocycles. The Kier molecular flexibility index (Phi) is 3.68. The van der Waals surface area contributed by atoms with Crippen LogP contribution >= 0.6 is 0 Å². The maximum Gasteiger partial charge on any atom is 0.239 e. The maximum absolute atomic E-state index is 12.3. The van der Waals surface area contributed by atoms with E-state index in [0.29, 0.717) is 0 Å². The van der Waals surface area contributed by atoms with Crippen molar-refractivity contribution in [2.45, 2.75) is 12.1 Å². The smallest absolute Gasteiger partial charge is 0.239 e. The van der Waals surface area contributed by atoms with Crippen molar-refractivity contribution in [3.8, 4) is 5.75 Å². The van der Waals surface area contributed by atoms with Crippen LogP contribution in [0, 0.1) is 0 Å². The first-order valence-electron chi connectivity index (χ1n) is 6.82. The quantitative estimate of drug-likeness (QED) is 0.374. The van der Waals surface area contributed by atoms with Crippen LogP contribution in [0.5, 0.6) is 5.75 Å². The molecule has 2 unspecified atom stereocenters. The zero-order valence-electron chi connectivity index (χ0n) is 12.0. The molecule has 0 spiro atoms. The molecule has 1 saturated heterocycles. The molecule has 2 atom stereocenters. The van der Waals surface area contributed by atoms with Gasteiger partial charge in [-0.05, 0) is 35.4 Å². The van der Waals surface area contributed by atoms with Crippen LogP contribution in [0.1, 0.15) is 11.6 Å². The lowest BCUT2D eigenvalue weighted by molar-refractivity contribution is -0.126. The summed E-state index contributed by atoms with van der Waals surface area (Å²) in [7, 11) is 1.59. The van der Waals surface area contributed by atoms with E-state index < -0.39 is 6.04 Å². The Labute approximate surface area is 127 Å². The zero-order chi connectivity index (χ0) is 15.5. The lowest BCUT2D eigenvalue weighted by atomic mass is 9.88. The van der Waals surface area contributed by atoms with Crippen molar-refractivity contribution >= 4 is 11.6 Å². The molecule has 6 heteroatoms. The minimum absolute atomic E-state index is 0.197. The molecule has 1 aliphatic heterocycles. The Bertz CT molecular complexity index is 724. The molecule has 3 rings (SSSR count). The van der Waals surface area contributed by atoms with E-state index >= 15 is 0 Å². The SMILES string of the molecule is COc1ccc(N2C(=O)C(N=[N+]=[N-])C2c2ccccc2)cc1. The summed E-state index contributed by atoms with van der Waals surface area (Å²) >= 11 is 0. The number of anilines is 1. The van der Waals surface area contributed by atoms with Crippen molar-refractivity contribution in [3.63, 3.8) is 0 Å². The number of carbonyl (C=O) groups excluding carboxylic acids is 1. The average Bonchev–Trinajstić information content (AvgIpc) is 2.58. The second-order valence-electron chi connectivity index (χ2n) is 4.91. The third-order valence-electron chi connectivity index (χ3n) is 3.74. The molecule has 0 saturated carbocycles. The van der Waals surface area contributed by atoms with Crippen LogP contribution in [0.3, 0.4) is 0 Å². The number of methoxy groups -OCH3 is 1. The normalized spacial score (nSPS) is 20.0. The number of ether oxygens (including phenoxy) is 1. The van der Waals surface area contributed by atoms with Crippen LogP contribution in [-0.4, -0.2) is 19.1 Å². The van der Waals surface area contributed by atoms with E-state index in [-0.39, 0.29) is 11.9 Å². The Morgan fingerprint density at radius 3 is 2.41 bits per heavy atom. The molecule has 110 valence electrons. The molecule has 0 bridgehead atoms. The third kappa shape index (κ3) is 2.25. The fourth-order valence-corrected chi connectivity index (χ4v) is 2.65. The zero-order valence-corrected chi connectivity index (χ0v) is 12.0. The van der Waals surface area contributed by atoms with E-state index in [9.17, 15) is 4.79 Å². The monoisotopic (exact) mass is 294 g/mol. The number of hydrogen-bond acceptors (Lipinski definition) is 3. The van der Waals surface area contributed by atoms with E-state index in [1.54, 1.807) is 24.1 Å². The van der Waals surface area contributed by atoms with Gasteiger partial charge in [-0.3, -0.25) is 4.79 Å². The van der Waals surface area contributed by atoms with Crippen molar-refractivity contribution in [2.24, 2.45) is 5.11 Å². The van der Waals surface area contributed by atoms with Gasteiger partial charge in [0, 0.05) is 10.6 Å². The number of azide groups is 1. The number of benzene rings is 2. The fourth-order valence-electron chi connectivity index (χ4n) is 2.65. The van der Waals surface area contributed by atoms with Crippen LogP contribution in [0.2, 0.25) is 0 Å². The molecule has 1 amide bonds. The van der Waals surface area contributed by atoms with Gasteiger partial charge in [0.1, 0.15) is 11.8 Å². The molecule has 0 aromatic heterocycles. The summed E-state index contributed by atoms with van der Waals surface area (Å²) in [5, 5.41) is 3.64. The molecule has 6 nitrogen and oxygen atoms in total. The van der Waals surface area contributed by atoms with Gasteiger partial charge >= 0.3 is 0 Å². The van der Waals surface area contributed by atoms with E-state index in [1.807, 2.05) is 42.5 Å². The van der Waals surface area contributed by atoms with Crippen LogP contribution in [-0.2, 0) is 4.79 Å². The van der Waals surface area contributed by atoms with Gasteiger partial charge < -0.3 is 9.64 Å². The van der Waals surface area contributed by atoms with E-state index in [4.69, 9.17) is 10.3 Å². The van der Waals surface area contributed by atoms with Gasteiger partial charge in [-0.25, -0.2) is 0 Å². The van der Waals surface area contributed by atoms with Gasteiger partial charge in [0.05, 0.1) is 13.2 Å². The molecule has 0 N–H and O–H groups in total. The highest BCUT2D eigenvalue weighted by molar-refractivity contribution is 6.06. The van der Waals surface area contributed by atoms with Gasteiger partial charge in [0.25, 0.3) is 0 Å². The first-order valence-corrected chi connectivity index (χ1v) is 6.82. The first-order chi connectivity index (χ1) is 10.8. The second-order valence-corrected chi connectivity index (χ2v) is 4.91. The second kappa shape index (κ2) is 5.79. The Morgan fingerprint density at radius 2 is 1.82 bits per heavy atom. The Balaban J connectivity index is 1.97. The lowest BCUT2D eigenvalue weighted by Crippen LogP contribution is -2.58. The summed E-state index contributed by atoms with van der Waals surface area (Å²) in [6.07, 6.45) is 0. The summed E-state index contributed by atoms with van der Waals surface area (Å²) in [6.45, 7) is 0. The predicted molar refractivity (Wildman–Crippen MR) is 82.6 cm³/mol. The third-order valence-corrected chi connectivity index (χ3v) is 3.74. The van der Waals surface area contributed by atoms with E-state index in [0.717, 1.165) is 17.0 Å². The minimum Gasteiger partial charge on any atom is -0.497 e. The molecule has 1 aliphatic rings.